The first-order valence-corrected chi connectivity index (χ1v) is 11.7. The summed E-state index contributed by atoms with van der Waals surface area (Å²) in [6.45, 7) is -0.464. The van der Waals surface area contributed by atoms with Crippen molar-refractivity contribution in [2.75, 3.05) is 32.3 Å². The minimum atomic E-state index is -3.12. The summed E-state index contributed by atoms with van der Waals surface area (Å²) in [6, 6.07) is 15.9. The smallest absolute Gasteiger partial charge is 0.339 e. The molecule has 0 spiro atoms. The van der Waals surface area contributed by atoms with Crippen molar-refractivity contribution in [3.63, 3.8) is 0 Å². The van der Waals surface area contributed by atoms with Crippen molar-refractivity contribution in [1.82, 2.24) is 4.90 Å². The molecular weight excluding hydrogens is 418 g/mol. The molecule has 1 aliphatic rings. The SMILES string of the molecule is COc1cccc(/C=C(\C(=O)OCC(=O)N(C)[C@H]2CCS(=O)(=O)C2)c2ccccc2)c1. The number of methoxy groups -OCH3 is 1. The number of hydrogen-bond donors (Lipinski definition) is 0. The van der Waals surface area contributed by atoms with Crippen LogP contribution in [0.4, 0.5) is 0 Å². The van der Waals surface area contributed by atoms with Crippen LogP contribution in [-0.4, -0.2) is 63.5 Å². The van der Waals surface area contributed by atoms with E-state index < -0.39 is 34.4 Å². The Morgan fingerprint density at radius 1 is 1.13 bits per heavy atom. The van der Waals surface area contributed by atoms with E-state index in [1.807, 2.05) is 30.3 Å². The van der Waals surface area contributed by atoms with E-state index in [2.05, 4.69) is 0 Å². The third kappa shape index (κ3) is 5.95. The summed E-state index contributed by atoms with van der Waals surface area (Å²) in [5, 5.41) is 0. The number of carbonyl (C=O) groups excluding carboxylic acids is 2. The molecule has 1 heterocycles. The number of nitrogens with zero attached hydrogens (tertiary/aromatic N) is 1. The maximum absolute atomic E-state index is 12.9. The first kappa shape index (κ1) is 22.6. The number of esters is 1. The first-order valence-electron chi connectivity index (χ1n) is 9.83. The number of likely N-dealkylation sites (N-methyl/N-ethyl adjacent to an activating group) is 1. The largest absolute Gasteiger partial charge is 0.497 e. The number of rotatable bonds is 7. The van der Waals surface area contributed by atoms with E-state index in [-0.39, 0.29) is 11.5 Å². The molecule has 2 aromatic carbocycles. The van der Waals surface area contributed by atoms with Crippen molar-refractivity contribution in [2.45, 2.75) is 12.5 Å². The van der Waals surface area contributed by atoms with Crippen LogP contribution in [0.3, 0.4) is 0 Å². The van der Waals surface area contributed by atoms with E-state index in [0.29, 0.717) is 23.3 Å². The average molecular weight is 444 g/mol. The minimum Gasteiger partial charge on any atom is -0.497 e. The highest BCUT2D eigenvalue weighted by Crippen LogP contribution is 2.22. The van der Waals surface area contributed by atoms with Gasteiger partial charge in [0.15, 0.2) is 16.4 Å². The van der Waals surface area contributed by atoms with Crippen LogP contribution in [-0.2, 0) is 24.2 Å². The number of ether oxygens (including phenoxy) is 2. The third-order valence-electron chi connectivity index (χ3n) is 5.19. The molecule has 1 aliphatic heterocycles. The second-order valence-electron chi connectivity index (χ2n) is 7.34. The lowest BCUT2D eigenvalue weighted by atomic mass is 10.0. The Morgan fingerprint density at radius 3 is 2.52 bits per heavy atom. The highest BCUT2D eigenvalue weighted by Gasteiger charge is 2.33. The molecule has 2 aromatic rings. The maximum Gasteiger partial charge on any atom is 0.339 e. The Hall–Kier alpha value is -3.13. The molecule has 0 N–H and O–H groups in total. The van der Waals surface area contributed by atoms with Crippen LogP contribution in [0.5, 0.6) is 5.75 Å². The van der Waals surface area contributed by atoms with E-state index in [9.17, 15) is 18.0 Å². The predicted octanol–water partition coefficient (Wildman–Crippen LogP) is 2.42. The standard InChI is InChI=1S/C23H25NO6S/c1-24(19-11-12-31(27,28)16-19)22(25)15-30-23(26)21(18-8-4-3-5-9-18)14-17-7-6-10-20(13-17)29-2/h3-10,13-14,19H,11-12,15-16H2,1-2H3/b21-14-/t19-/m0/s1. The summed E-state index contributed by atoms with van der Waals surface area (Å²) in [7, 11) is -0.0201. The molecule has 1 saturated heterocycles. The third-order valence-corrected chi connectivity index (χ3v) is 6.94. The number of sulfone groups is 1. The lowest BCUT2D eigenvalue weighted by Crippen LogP contribution is -2.40. The number of carbonyl (C=O) groups is 2. The van der Waals surface area contributed by atoms with Crippen LogP contribution in [0.2, 0.25) is 0 Å². The average Bonchev–Trinajstić information content (AvgIpc) is 3.15. The van der Waals surface area contributed by atoms with Gasteiger partial charge in [-0.25, -0.2) is 13.2 Å². The molecular formula is C23H25NO6S. The van der Waals surface area contributed by atoms with E-state index in [1.165, 1.54) is 11.9 Å². The van der Waals surface area contributed by atoms with Crippen molar-refractivity contribution in [1.29, 1.82) is 0 Å². The van der Waals surface area contributed by atoms with Crippen molar-refractivity contribution in [3.05, 3.63) is 65.7 Å². The fraction of sp³-hybridized carbons (Fsp3) is 0.304. The molecule has 0 radical (unpaired) electrons. The highest BCUT2D eigenvalue weighted by atomic mass is 32.2. The first-order chi connectivity index (χ1) is 14.8. The summed E-state index contributed by atoms with van der Waals surface area (Å²) < 4.78 is 33.9. The van der Waals surface area contributed by atoms with Crippen molar-refractivity contribution in [3.8, 4) is 5.75 Å². The zero-order valence-corrected chi connectivity index (χ0v) is 18.3. The molecule has 1 amide bonds. The normalized spacial score (nSPS) is 17.7. The fourth-order valence-electron chi connectivity index (χ4n) is 3.37. The number of hydrogen-bond acceptors (Lipinski definition) is 6. The van der Waals surface area contributed by atoms with Gasteiger partial charge in [-0.15, -0.1) is 0 Å². The molecule has 1 atom stereocenters. The molecule has 164 valence electrons. The summed E-state index contributed by atoms with van der Waals surface area (Å²) in [6.07, 6.45) is 2.07. The Kier molecular flexibility index (Phi) is 7.12. The van der Waals surface area contributed by atoms with Gasteiger partial charge in [0.05, 0.1) is 24.2 Å². The lowest BCUT2D eigenvalue weighted by Gasteiger charge is -2.23. The van der Waals surface area contributed by atoms with Gasteiger partial charge >= 0.3 is 5.97 Å². The summed E-state index contributed by atoms with van der Waals surface area (Å²) >= 11 is 0. The van der Waals surface area contributed by atoms with Crippen LogP contribution < -0.4 is 4.74 Å². The Morgan fingerprint density at radius 2 is 1.87 bits per heavy atom. The molecule has 0 aliphatic carbocycles. The fourth-order valence-corrected chi connectivity index (χ4v) is 5.14. The zero-order chi connectivity index (χ0) is 22.4. The van der Waals surface area contributed by atoms with E-state index >= 15 is 0 Å². The Bertz CT molecular complexity index is 1080. The van der Waals surface area contributed by atoms with Crippen LogP contribution in [0.15, 0.2) is 54.6 Å². The molecule has 0 aromatic heterocycles. The van der Waals surface area contributed by atoms with Crippen LogP contribution in [0.25, 0.3) is 11.6 Å². The molecule has 0 saturated carbocycles. The molecule has 7 nitrogen and oxygen atoms in total. The van der Waals surface area contributed by atoms with Gasteiger partial charge in [-0.2, -0.15) is 0 Å². The van der Waals surface area contributed by atoms with Gasteiger partial charge < -0.3 is 14.4 Å². The molecule has 0 bridgehead atoms. The van der Waals surface area contributed by atoms with Crippen LogP contribution >= 0.6 is 0 Å². The van der Waals surface area contributed by atoms with Gasteiger partial charge in [0.25, 0.3) is 5.91 Å². The molecule has 1 fully saturated rings. The van der Waals surface area contributed by atoms with Gasteiger partial charge in [0.2, 0.25) is 0 Å². The van der Waals surface area contributed by atoms with Gasteiger partial charge in [0, 0.05) is 13.1 Å². The maximum atomic E-state index is 12.9. The van der Waals surface area contributed by atoms with Crippen molar-refractivity contribution in [2.24, 2.45) is 0 Å². The van der Waals surface area contributed by atoms with E-state index in [1.54, 1.807) is 37.5 Å². The summed E-state index contributed by atoms with van der Waals surface area (Å²) in [4.78, 5) is 26.7. The highest BCUT2D eigenvalue weighted by molar-refractivity contribution is 7.91. The summed E-state index contributed by atoms with van der Waals surface area (Å²) in [5.74, 6) is -0.429. The zero-order valence-electron chi connectivity index (χ0n) is 17.5. The predicted molar refractivity (Wildman–Crippen MR) is 118 cm³/mol. The van der Waals surface area contributed by atoms with Crippen LogP contribution in [0, 0.1) is 0 Å². The van der Waals surface area contributed by atoms with Crippen molar-refractivity contribution >= 4 is 33.4 Å². The number of amides is 1. The second kappa shape index (κ2) is 9.78. The lowest BCUT2D eigenvalue weighted by molar-refractivity contribution is -0.147. The minimum absolute atomic E-state index is 0.0613. The van der Waals surface area contributed by atoms with Crippen molar-refractivity contribution < 1.29 is 27.5 Å². The van der Waals surface area contributed by atoms with E-state index in [0.717, 1.165) is 5.56 Å². The Labute approximate surface area is 182 Å². The van der Waals surface area contributed by atoms with E-state index in [4.69, 9.17) is 9.47 Å². The second-order valence-corrected chi connectivity index (χ2v) is 9.57. The van der Waals surface area contributed by atoms with Crippen LogP contribution in [0.1, 0.15) is 17.5 Å². The molecule has 31 heavy (non-hydrogen) atoms. The quantitative estimate of drug-likeness (QED) is 0.371. The van der Waals surface area contributed by atoms with Gasteiger partial charge in [-0.05, 0) is 35.8 Å². The number of benzene rings is 2. The van der Waals surface area contributed by atoms with Gasteiger partial charge in [0.1, 0.15) is 5.75 Å². The van der Waals surface area contributed by atoms with Gasteiger partial charge in [-0.3, -0.25) is 4.79 Å². The molecule has 3 rings (SSSR count). The molecule has 8 heteroatoms. The Balaban J connectivity index is 1.74. The monoisotopic (exact) mass is 443 g/mol. The van der Waals surface area contributed by atoms with Gasteiger partial charge in [-0.1, -0.05) is 42.5 Å². The topological polar surface area (TPSA) is 90.0 Å². The molecule has 0 unspecified atom stereocenters. The summed E-state index contributed by atoms with van der Waals surface area (Å²) in [5.41, 5.74) is 1.69.